The summed E-state index contributed by atoms with van der Waals surface area (Å²) in [7, 11) is 0. The van der Waals surface area contributed by atoms with Gasteiger partial charge in [-0.3, -0.25) is 9.78 Å². The van der Waals surface area contributed by atoms with Crippen molar-refractivity contribution >= 4 is 11.6 Å². The van der Waals surface area contributed by atoms with Gasteiger partial charge in [0.1, 0.15) is 5.69 Å². The number of hydrogen-bond acceptors (Lipinski definition) is 6. The molecule has 0 aliphatic rings. The molecule has 0 bridgehead atoms. The number of amides is 1. The van der Waals surface area contributed by atoms with Gasteiger partial charge in [-0.15, -0.1) is 0 Å². The molecule has 0 unspecified atom stereocenters. The lowest BCUT2D eigenvalue weighted by Crippen LogP contribution is -2.13. The van der Waals surface area contributed by atoms with Crippen molar-refractivity contribution in [2.45, 2.75) is 6.42 Å². The first-order valence-corrected chi connectivity index (χ1v) is 5.01. The Morgan fingerprint density at radius 1 is 1.47 bits per heavy atom. The first kappa shape index (κ1) is 11.1. The molecule has 1 amide bonds. The minimum absolute atomic E-state index is 0.229. The summed E-state index contributed by atoms with van der Waals surface area (Å²) < 4.78 is 4.85. The fraction of sp³-hybridized carbons (Fsp3) is 0.200. The highest BCUT2D eigenvalue weighted by Gasteiger charge is 2.03. The Morgan fingerprint density at radius 2 is 2.35 bits per heavy atom. The minimum atomic E-state index is -0.550. The highest BCUT2D eigenvalue weighted by Crippen LogP contribution is 2.07. The van der Waals surface area contributed by atoms with Gasteiger partial charge < -0.3 is 15.6 Å². The summed E-state index contributed by atoms with van der Waals surface area (Å²) in [6, 6.07) is 3.34. The van der Waals surface area contributed by atoms with Crippen LogP contribution < -0.4 is 11.1 Å². The summed E-state index contributed by atoms with van der Waals surface area (Å²) >= 11 is 0. The summed E-state index contributed by atoms with van der Waals surface area (Å²) in [6.07, 6.45) is 3.48. The zero-order valence-corrected chi connectivity index (χ0v) is 8.96. The number of rotatable bonds is 5. The number of nitrogens with two attached hydrogens (primary N) is 1. The number of aromatic nitrogens is 3. The molecule has 3 N–H and O–H groups in total. The lowest BCUT2D eigenvalue weighted by molar-refractivity contribution is 0.0995. The first-order valence-electron chi connectivity index (χ1n) is 5.01. The molecule has 2 aromatic rings. The molecule has 2 rings (SSSR count). The summed E-state index contributed by atoms with van der Waals surface area (Å²) in [5.74, 6) is 0.00670. The third-order valence-electron chi connectivity index (χ3n) is 2.09. The minimum Gasteiger partial charge on any atom is -0.384 e. The van der Waals surface area contributed by atoms with Crippen LogP contribution in [0.25, 0.3) is 0 Å². The molecular weight excluding hydrogens is 222 g/mol. The third kappa shape index (κ3) is 3.00. The van der Waals surface area contributed by atoms with Crippen LogP contribution in [0.5, 0.6) is 0 Å². The van der Waals surface area contributed by atoms with Crippen LogP contribution in [0, 0.1) is 0 Å². The molecule has 0 saturated carbocycles. The molecule has 17 heavy (non-hydrogen) atoms. The second-order valence-corrected chi connectivity index (χ2v) is 3.31. The van der Waals surface area contributed by atoms with Gasteiger partial charge in [0.05, 0.1) is 0 Å². The second kappa shape index (κ2) is 5.06. The van der Waals surface area contributed by atoms with Crippen molar-refractivity contribution in [1.29, 1.82) is 0 Å². The van der Waals surface area contributed by atoms with Gasteiger partial charge in [0.15, 0.2) is 6.33 Å². The van der Waals surface area contributed by atoms with Gasteiger partial charge in [0, 0.05) is 24.8 Å². The maximum atomic E-state index is 10.9. The van der Waals surface area contributed by atoms with E-state index < -0.39 is 5.91 Å². The van der Waals surface area contributed by atoms with Gasteiger partial charge in [-0.1, -0.05) is 5.16 Å². The van der Waals surface area contributed by atoms with E-state index in [4.69, 9.17) is 10.3 Å². The molecule has 0 radical (unpaired) electrons. The summed E-state index contributed by atoms with van der Waals surface area (Å²) in [6.45, 7) is 0.615. The van der Waals surface area contributed by atoms with Crippen molar-refractivity contribution in [3.8, 4) is 0 Å². The zero-order valence-electron chi connectivity index (χ0n) is 8.96. The van der Waals surface area contributed by atoms with Crippen LogP contribution in [0.3, 0.4) is 0 Å². The van der Waals surface area contributed by atoms with E-state index in [2.05, 4.69) is 20.4 Å². The Hall–Kier alpha value is -2.44. The molecular formula is C10H11N5O2. The lowest BCUT2D eigenvalue weighted by atomic mass is 10.3. The predicted molar refractivity (Wildman–Crippen MR) is 59.2 cm³/mol. The molecule has 0 aliphatic carbocycles. The molecule has 0 spiro atoms. The smallest absolute Gasteiger partial charge is 0.267 e. The molecule has 0 aliphatic heterocycles. The molecule has 2 aromatic heterocycles. The predicted octanol–water partition coefficient (Wildman–Crippen LogP) is 0.218. The summed E-state index contributed by atoms with van der Waals surface area (Å²) in [4.78, 5) is 18.6. The fourth-order valence-electron chi connectivity index (χ4n) is 1.30. The Kier molecular flexibility index (Phi) is 3.29. The van der Waals surface area contributed by atoms with Crippen LogP contribution in [0.2, 0.25) is 0 Å². The van der Waals surface area contributed by atoms with Gasteiger partial charge in [0.2, 0.25) is 5.89 Å². The second-order valence-electron chi connectivity index (χ2n) is 3.31. The molecule has 0 saturated heterocycles. The van der Waals surface area contributed by atoms with Crippen LogP contribution in [0.15, 0.2) is 29.2 Å². The van der Waals surface area contributed by atoms with Gasteiger partial charge >= 0.3 is 0 Å². The molecule has 88 valence electrons. The Labute approximate surface area is 97.0 Å². The lowest BCUT2D eigenvalue weighted by Gasteiger charge is -2.04. The van der Waals surface area contributed by atoms with E-state index >= 15 is 0 Å². The number of primary amides is 1. The summed E-state index contributed by atoms with van der Waals surface area (Å²) in [5.41, 5.74) is 6.13. The van der Waals surface area contributed by atoms with Crippen molar-refractivity contribution in [3.05, 3.63) is 36.2 Å². The molecule has 2 heterocycles. The Morgan fingerprint density at radius 3 is 3.06 bits per heavy atom. The van der Waals surface area contributed by atoms with Gasteiger partial charge in [-0.25, -0.2) is 0 Å². The van der Waals surface area contributed by atoms with Gasteiger partial charge in [-0.05, 0) is 12.1 Å². The number of carbonyl (C=O) groups is 1. The highest BCUT2D eigenvalue weighted by atomic mass is 16.5. The molecule has 7 nitrogen and oxygen atoms in total. The SMILES string of the molecule is NC(=O)c1cc(NCCc2ncno2)ccn1. The van der Waals surface area contributed by atoms with Crippen molar-refractivity contribution in [3.63, 3.8) is 0 Å². The van der Waals surface area contributed by atoms with E-state index in [0.717, 1.165) is 5.69 Å². The number of anilines is 1. The van der Waals surface area contributed by atoms with E-state index in [0.29, 0.717) is 18.9 Å². The van der Waals surface area contributed by atoms with Crippen molar-refractivity contribution in [1.82, 2.24) is 15.1 Å². The van der Waals surface area contributed by atoms with E-state index in [1.165, 1.54) is 12.5 Å². The number of nitrogens with zero attached hydrogens (tertiary/aromatic N) is 3. The fourth-order valence-corrected chi connectivity index (χ4v) is 1.30. The number of carbonyl (C=O) groups excluding carboxylic acids is 1. The average Bonchev–Trinajstić information content (AvgIpc) is 2.82. The topological polar surface area (TPSA) is 107 Å². The maximum absolute atomic E-state index is 10.9. The van der Waals surface area contributed by atoms with Gasteiger partial charge in [0.25, 0.3) is 5.91 Å². The molecule has 0 aromatic carbocycles. The first-order chi connectivity index (χ1) is 8.25. The molecule has 0 atom stereocenters. The quantitative estimate of drug-likeness (QED) is 0.764. The number of pyridine rings is 1. The van der Waals surface area contributed by atoms with Crippen molar-refractivity contribution in [2.24, 2.45) is 5.73 Å². The van der Waals surface area contributed by atoms with E-state index in [9.17, 15) is 4.79 Å². The monoisotopic (exact) mass is 233 g/mol. The largest absolute Gasteiger partial charge is 0.384 e. The standard InChI is InChI=1S/C10H11N5O2/c11-10(16)8-5-7(1-3-13-8)12-4-2-9-14-6-15-17-9/h1,3,5-6H,2,4H2,(H2,11,16)(H,12,13). The van der Waals surface area contributed by atoms with Gasteiger partial charge in [-0.2, -0.15) is 4.98 Å². The molecule has 0 fully saturated rings. The normalized spacial score (nSPS) is 10.1. The Balaban J connectivity index is 1.90. The van der Waals surface area contributed by atoms with Crippen LogP contribution in [-0.4, -0.2) is 27.6 Å². The van der Waals surface area contributed by atoms with E-state index in [1.54, 1.807) is 12.1 Å². The highest BCUT2D eigenvalue weighted by molar-refractivity contribution is 5.91. The Bertz CT molecular complexity index is 497. The zero-order chi connectivity index (χ0) is 12.1. The number of nitrogens with one attached hydrogen (secondary N) is 1. The van der Waals surface area contributed by atoms with Crippen LogP contribution in [0.4, 0.5) is 5.69 Å². The summed E-state index contributed by atoms with van der Waals surface area (Å²) in [5, 5.41) is 6.60. The third-order valence-corrected chi connectivity index (χ3v) is 2.09. The number of hydrogen-bond donors (Lipinski definition) is 2. The molecule has 7 heteroatoms. The van der Waals surface area contributed by atoms with Crippen molar-refractivity contribution < 1.29 is 9.32 Å². The van der Waals surface area contributed by atoms with Crippen LogP contribution in [-0.2, 0) is 6.42 Å². The average molecular weight is 233 g/mol. The van der Waals surface area contributed by atoms with Crippen molar-refractivity contribution in [2.75, 3.05) is 11.9 Å². The van der Waals surface area contributed by atoms with Crippen LogP contribution >= 0.6 is 0 Å². The maximum Gasteiger partial charge on any atom is 0.267 e. The van der Waals surface area contributed by atoms with Crippen LogP contribution in [0.1, 0.15) is 16.4 Å². The van der Waals surface area contributed by atoms with E-state index in [1.807, 2.05) is 0 Å². The van der Waals surface area contributed by atoms with E-state index in [-0.39, 0.29) is 5.69 Å².